The van der Waals surface area contributed by atoms with E-state index in [2.05, 4.69) is 33.6 Å². The van der Waals surface area contributed by atoms with Crippen molar-refractivity contribution in [1.29, 1.82) is 0 Å². The summed E-state index contributed by atoms with van der Waals surface area (Å²) in [6, 6.07) is 10.1. The molecule has 2 aliphatic rings. The minimum atomic E-state index is -3.00. The number of nitrogens with one attached hydrogen (secondary N) is 1. The lowest BCUT2D eigenvalue weighted by atomic mass is 9.73. The summed E-state index contributed by atoms with van der Waals surface area (Å²) in [4.78, 5) is 25.2. The van der Waals surface area contributed by atoms with Gasteiger partial charge in [0.25, 0.3) is 0 Å². The summed E-state index contributed by atoms with van der Waals surface area (Å²) in [5, 5.41) is 4.33. The summed E-state index contributed by atoms with van der Waals surface area (Å²) in [7, 11) is -3.00. The lowest BCUT2D eigenvalue weighted by molar-refractivity contribution is -0.127. The van der Waals surface area contributed by atoms with Crippen molar-refractivity contribution < 1.29 is 17.9 Å². The van der Waals surface area contributed by atoms with Crippen molar-refractivity contribution in [3.8, 4) is 11.6 Å². The van der Waals surface area contributed by atoms with Crippen LogP contribution >= 0.6 is 0 Å². The largest absolute Gasteiger partial charge is 0.493 e. The normalized spacial score (nSPS) is 22.1. The number of nitrogens with zero attached hydrogens (tertiary/aromatic N) is 4. The van der Waals surface area contributed by atoms with E-state index in [-0.39, 0.29) is 17.6 Å². The molecule has 2 aromatic heterocycles. The number of carbonyl (C=O) groups excluding carboxylic acids is 1. The number of ether oxygens (including phenoxy) is 1. The number of hydrogen-bond donors (Lipinski definition) is 1. The fourth-order valence-electron chi connectivity index (χ4n) is 7.10. The number of likely N-dealkylation sites (tertiary alicyclic amines) is 1. The highest BCUT2D eigenvalue weighted by molar-refractivity contribution is 7.90. The maximum atomic E-state index is 13.1. The van der Waals surface area contributed by atoms with Gasteiger partial charge in [-0.15, -0.1) is 0 Å². The Morgan fingerprint density at radius 1 is 1.11 bits per heavy atom. The number of likely N-dealkylation sites (N-methyl/N-ethyl adjacent to an activating group) is 1. The molecule has 0 radical (unpaired) electrons. The Morgan fingerprint density at radius 2 is 1.93 bits per heavy atom. The van der Waals surface area contributed by atoms with Crippen LogP contribution in [-0.2, 0) is 21.1 Å². The monoisotopic (exact) mass is 623 g/mol. The quantitative estimate of drug-likeness (QED) is 0.261. The zero-order valence-electron chi connectivity index (χ0n) is 26.6. The standard InChI is InChI=1S/C34H49N5O4S/c1-4-25(26-12-14-27(15-13-26)34(40)36-28-9-7-19-38(5-2)24-28)23-32-35-18-16-33(37-32)39-20-17-29-30(39)10-6-11-31(29)43-21-8-22-44(3,41)42/h6,10-11,16-18,20,25-28H,4-5,7-9,12-15,19,21-24H2,1-3H3,(H,36,40). The van der Waals surface area contributed by atoms with Crippen LogP contribution in [-0.4, -0.2) is 78.1 Å². The summed E-state index contributed by atoms with van der Waals surface area (Å²) in [5.74, 6) is 3.98. The van der Waals surface area contributed by atoms with Crippen LogP contribution in [0.15, 0.2) is 42.7 Å². The van der Waals surface area contributed by atoms with Crippen molar-refractivity contribution >= 4 is 26.6 Å². The van der Waals surface area contributed by atoms with Crippen molar-refractivity contribution in [2.45, 2.75) is 77.7 Å². The highest BCUT2D eigenvalue weighted by Crippen LogP contribution is 2.36. The van der Waals surface area contributed by atoms with Crippen LogP contribution in [0.1, 0.15) is 71.0 Å². The maximum absolute atomic E-state index is 13.1. The first kappa shape index (κ1) is 32.4. The van der Waals surface area contributed by atoms with Gasteiger partial charge in [-0.3, -0.25) is 4.79 Å². The molecule has 240 valence electrons. The number of carbonyl (C=O) groups is 1. The average molecular weight is 624 g/mol. The second kappa shape index (κ2) is 14.9. The van der Waals surface area contributed by atoms with Crippen molar-refractivity contribution in [2.75, 3.05) is 38.2 Å². The molecule has 44 heavy (non-hydrogen) atoms. The van der Waals surface area contributed by atoms with Gasteiger partial charge < -0.3 is 19.5 Å². The van der Waals surface area contributed by atoms with Gasteiger partial charge in [0.05, 0.1) is 17.9 Å². The second-order valence-electron chi connectivity index (χ2n) is 12.8. The van der Waals surface area contributed by atoms with Crippen molar-refractivity contribution in [3.05, 3.63) is 48.5 Å². The first-order valence-corrected chi connectivity index (χ1v) is 18.6. The van der Waals surface area contributed by atoms with Gasteiger partial charge >= 0.3 is 0 Å². The molecule has 1 aliphatic heterocycles. The minimum Gasteiger partial charge on any atom is -0.493 e. The molecular formula is C34H49N5O4S. The Bertz CT molecular complexity index is 1500. The smallest absolute Gasteiger partial charge is 0.223 e. The van der Waals surface area contributed by atoms with Gasteiger partial charge in [-0.25, -0.2) is 18.4 Å². The third-order valence-electron chi connectivity index (χ3n) is 9.63. The summed E-state index contributed by atoms with van der Waals surface area (Å²) in [5.41, 5.74) is 0.981. The molecule has 1 saturated carbocycles. The van der Waals surface area contributed by atoms with Crippen LogP contribution < -0.4 is 10.1 Å². The fourth-order valence-corrected chi connectivity index (χ4v) is 7.74. The van der Waals surface area contributed by atoms with E-state index in [0.717, 1.165) is 99.3 Å². The molecule has 0 spiro atoms. The summed E-state index contributed by atoms with van der Waals surface area (Å²) < 4.78 is 30.9. The second-order valence-corrected chi connectivity index (χ2v) is 15.0. The number of aromatic nitrogens is 3. The van der Waals surface area contributed by atoms with Crippen LogP contribution in [0.2, 0.25) is 0 Å². The summed E-state index contributed by atoms with van der Waals surface area (Å²) >= 11 is 0. The molecular weight excluding hydrogens is 574 g/mol. The van der Waals surface area contributed by atoms with Gasteiger partial charge in [0.2, 0.25) is 5.91 Å². The van der Waals surface area contributed by atoms with E-state index in [0.29, 0.717) is 30.9 Å². The molecule has 10 heteroatoms. The van der Waals surface area contributed by atoms with E-state index in [1.54, 1.807) is 0 Å². The van der Waals surface area contributed by atoms with Gasteiger partial charge in [0, 0.05) is 49.0 Å². The lowest BCUT2D eigenvalue weighted by Crippen LogP contribution is -2.49. The SMILES string of the molecule is CCC(Cc1nccc(-n2ccc3c(OCCCS(C)(=O)=O)cccc32)n1)C1CCC(C(=O)NC2CCCN(CC)C2)CC1. The van der Waals surface area contributed by atoms with Crippen LogP contribution in [0.25, 0.3) is 16.7 Å². The Labute approximate surface area is 262 Å². The third kappa shape index (κ3) is 8.38. The van der Waals surface area contributed by atoms with Gasteiger partial charge in [-0.1, -0.05) is 26.3 Å². The van der Waals surface area contributed by atoms with E-state index in [9.17, 15) is 13.2 Å². The number of hydrogen-bond acceptors (Lipinski definition) is 7. The van der Waals surface area contributed by atoms with Crippen LogP contribution in [0.3, 0.4) is 0 Å². The Morgan fingerprint density at radius 3 is 2.68 bits per heavy atom. The predicted molar refractivity (Wildman–Crippen MR) is 175 cm³/mol. The molecule has 2 unspecified atom stereocenters. The zero-order valence-corrected chi connectivity index (χ0v) is 27.4. The molecule has 9 nitrogen and oxygen atoms in total. The lowest BCUT2D eigenvalue weighted by Gasteiger charge is -2.35. The van der Waals surface area contributed by atoms with E-state index in [1.807, 2.05) is 42.7 Å². The first-order chi connectivity index (χ1) is 21.2. The Kier molecular flexibility index (Phi) is 11.0. The molecule has 5 rings (SSSR count). The number of amides is 1. The minimum absolute atomic E-state index is 0.113. The van der Waals surface area contributed by atoms with Crippen molar-refractivity contribution in [2.24, 2.45) is 17.8 Å². The third-order valence-corrected chi connectivity index (χ3v) is 10.7. The van der Waals surface area contributed by atoms with Crippen LogP contribution in [0.4, 0.5) is 0 Å². The maximum Gasteiger partial charge on any atom is 0.223 e. The van der Waals surface area contributed by atoms with Gasteiger partial charge in [-0.2, -0.15) is 0 Å². The number of sulfone groups is 1. The topological polar surface area (TPSA) is 106 Å². The van der Waals surface area contributed by atoms with Crippen molar-refractivity contribution in [3.63, 3.8) is 0 Å². The molecule has 1 aliphatic carbocycles. The highest BCUT2D eigenvalue weighted by Gasteiger charge is 2.32. The predicted octanol–water partition coefficient (Wildman–Crippen LogP) is 5.21. The van der Waals surface area contributed by atoms with Crippen LogP contribution in [0.5, 0.6) is 5.75 Å². The molecule has 1 amide bonds. The molecule has 2 atom stereocenters. The number of benzene rings is 1. The van der Waals surface area contributed by atoms with Crippen molar-refractivity contribution in [1.82, 2.24) is 24.8 Å². The highest BCUT2D eigenvalue weighted by atomic mass is 32.2. The first-order valence-electron chi connectivity index (χ1n) is 16.5. The number of fused-ring (bicyclic) bond motifs is 1. The van der Waals surface area contributed by atoms with Crippen LogP contribution in [0, 0.1) is 17.8 Å². The molecule has 0 bridgehead atoms. The van der Waals surface area contributed by atoms with Gasteiger partial charge in [-0.05, 0) is 94.1 Å². The Balaban J connectivity index is 1.18. The molecule has 3 aromatic rings. The van der Waals surface area contributed by atoms with E-state index in [4.69, 9.17) is 9.72 Å². The average Bonchev–Trinajstić information content (AvgIpc) is 3.47. The molecule has 1 saturated heterocycles. The van der Waals surface area contributed by atoms with Gasteiger partial charge in [0.15, 0.2) is 0 Å². The molecule has 2 fully saturated rings. The number of piperidine rings is 1. The fraction of sp³-hybridized carbons (Fsp3) is 0.618. The van der Waals surface area contributed by atoms with E-state index in [1.165, 1.54) is 6.26 Å². The number of rotatable bonds is 13. The van der Waals surface area contributed by atoms with E-state index >= 15 is 0 Å². The summed E-state index contributed by atoms with van der Waals surface area (Å²) in [6.07, 6.45) is 13.8. The summed E-state index contributed by atoms with van der Waals surface area (Å²) in [6.45, 7) is 7.98. The molecule has 3 heterocycles. The molecule has 1 N–H and O–H groups in total. The Hall–Kier alpha value is -2.98. The molecule has 1 aromatic carbocycles. The zero-order chi connectivity index (χ0) is 31.1. The van der Waals surface area contributed by atoms with Gasteiger partial charge in [0.1, 0.15) is 27.2 Å². The van der Waals surface area contributed by atoms with E-state index < -0.39 is 9.84 Å².